The highest BCUT2D eigenvalue weighted by atomic mass is 35.5. The lowest BCUT2D eigenvalue weighted by atomic mass is 10.1. The van der Waals surface area contributed by atoms with Crippen molar-refractivity contribution in [1.29, 1.82) is 0 Å². The molecule has 94 valence electrons. The van der Waals surface area contributed by atoms with Crippen LogP contribution < -0.4 is 10.5 Å². The fraction of sp³-hybridized carbons (Fsp3) is 0.214. The fourth-order valence-corrected chi connectivity index (χ4v) is 1.80. The number of benzene rings is 1. The van der Waals surface area contributed by atoms with Gasteiger partial charge < -0.3 is 10.5 Å². The summed E-state index contributed by atoms with van der Waals surface area (Å²) in [6, 6.07) is 7.67. The third kappa shape index (κ3) is 2.93. The molecule has 2 rings (SSSR count). The van der Waals surface area contributed by atoms with Gasteiger partial charge in [0.05, 0.1) is 10.7 Å². The second-order valence-electron chi connectivity index (χ2n) is 3.98. The molecule has 0 aliphatic heterocycles. The van der Waals surface area contributed by atoms with Crippen molar-refractivity contribution < 1.29 is 4.74 Å². The van der Waals surface area contributed by atoms with E-state index in [1.165, 1.54) is 5.56 Å². The summed E-state index contributed by atoms with van der Waals surface area (Å²) in [5.74, 6) is 0.681. The zero-order valence-electron chi connectivity index (χ0n) is 10.2. The van der Waals surface area contributed by atoms with Crippen LogP contribution in [0, 0.1) is 0 Å². The van der Waals surface area contributed by atoms with Crippen LogP contribution in [-0.4, -0.2) is 4.98 Å². The highest BCUT2D eigenvalue weighted by Gasteiger charge is 2.04. The summed E-state index contributed by atoms with van der Waals surface area (Å²) in [5, 5.41) is 0.598. The van der Waals surface area contributed by atoms with Crippen molar-refractivity contribution in [2.24, 2.45) is 0 Å². The minimum absolute atomic E-state index is 0.386. The van der Waals surface area contributed by atoms with Crippen LogP contribution in [0.5, 0.6) is 5.75 Å². The molecule has 1 heterocycles. The summed E-state index contributed by atoms with van der Waals surface area (Å²) in [6.45, 7) is 2.48. The third-order valence-corrected chi connectivity index (χ3v) is 3.06. The number of nitrogens with zero attached hydrogens (tertiary/aromatic N) is 1. The van der Waals surface area contributed by atoms with Gasteiger partial charge in [0, 0.05) is 18.0 Å². The van der Waals surface area contributed by atoms with Gasteiger partial charge in [-0.05, 0) is 30.2 Å². The van der Waals surface area contributed by atoms with Crippen LogP contribution in [0.4, 0.5) is 5.69 Å². The van der Waals surface area contributed by atoms with Crippen molar-refractivity contribution in [1.82, 2.24) is 4.98 Å². The van der Waals surface area contributed by atoms with E-state index in [-0.39, 0.29) is 0 Å². The van der Waals surface area contributed by atoms with Gasteiger partial charge in [-0.25, -0.2) is 0 Å². The number of anilines is 1. The molecule has 1 aromatic heterocycles. The number of nitrogens with two attached hydrogens (primary N) is 1. The molecule has 0 spiro atoms. The van der Waals surface area contributed by atoms with Crippen LogP contribution in [-0.2, 0) is 13.0 Å². The molecule has 0 saturated carbocycles. The van der Waals surface area contributed by atoms with Crippen molar-refractivity contribution >= 4 is 17.3 Å². The Kier molecular flexibility index (Phi) is 4.05. The number of rotatable bonds is 4. The first-order valence-electron chi connectivity index (χ1n) is 5.80. The van der Waals surface area contributed by atoms with Gasteiger partial charge in [0.2, 0.25) is 0 Å². The summed E-state index contributed by atoms with van der Waals surface area (Å²) in [6.07, 6.45) is 4.25. The van der Waals surface area contributed by atoms with Crippen molar-refractivity contribution in [2.75, 3.05) is 5.73 Å². The molecular weight excluding hydrogens is 248 g/mol. The molecule has 0 atom stereocenters. The van der Waals surface area contributed by atoms with Crippen molar-refractivity contribution in [3.8, 4) is 5.75 Å². The molecule has 4 heteroatoms. The zero-order chi connectivity index (χ0) is 13.0. The number of pyridine rings is 1. The minimum Gasteiger partial charge on any atom is -0.487 e. The molecule has 0 bridgehead atoms. The van der Waals surface area contributed by atoms with Crippen LogP contribution in [0.2, 0.25) is 5.02 Å². The van der Waals surface area contributed by atoms with Crippen LogP contribution in [0.1, 0.15) is 18.1 Å². The third-order valence-electron chi connectivity index (χ3n) is 2.72. The molecule has 3 nitrogen and oxygen atoms in total. The van der Waals surface area contributed by atoms with Gasteiger partial charge in [0.1, 0.15) is 12.4 Å². The summed E-state index contributed by atoms with van der Waals surface area (Å²) in [5.41, 5.74) is 8.67. The fourth-order valence-electron chi connectivity index (χ4n) is 1.63. The van der Waals surface area contributed by atoms with Crippen molar-refractivity contribution in [3.63, 3.8) is 0 Å². The SMILES string of the molecule is CCc1ccc(OCc2ccncc2Cl)c(N)c1. The van der Waals surface area contributed by atoms with Crippen molar-refractivity contribution in [3.05, 3.63) is 52.8 Å². The Labute approximate surface area is 112 Å². The quantitative estimate of drug-likeness (QED) is 0.859. The molecule has 1 aromatic carbocycles. The van der Waals surface area contributed by atoms with E-state index in [2.05, 4.69) is 11.9 Å². The molecule has 2 aromatic rings. The largest absolute Gasteiger partial charge is 0.487 e. The van der Waals surface area contributed by atoms with Crippen LogP contribution in [0.3, 0.4) is 0 Å². The zero-order valence-corrected chi connectivity index (χ0v) is 10.9. The monoisotopic (exact) mass is 262 g/mol. The van der Waals surface area contributed by atoms with Crippen molar-refractivity contribution in [2.45, 2.75) is 20.0 Å². The highest BCUT2D eigenvalue weighted by Crippen LogP contribution is 2.24. The van der Waals surface area contributed by atoms with E-state index in [9.17, 15) is 0 Å². The van der Waals surface area contributed by atoms with Gasteiger partial charge >= 0.3 is 0 Å². The van der Waals surface area contributed by atoms with Gasteiger partial charge in [-0.2, -0.15) is 0 Å². The molecular formula is C14H15ClN2O. The number of halogens is 1. The maximum Gasteiger partial charge on any atom is 0.142 e. The van der Waals surface area contributed by atoms with E-state index in [4.69, 9.17) is 22.1 Å². The molecule has 0 radical (unpaired) electrons. The van der Waals surface area contributed by atoms with E-state index in [0.717, 1.165) is 12.0 Å². The molecule has 0 aliphatic rings. The molecule has 0 fully saturated rings. The van der Waals surface area contributed by atoms with E-state index < -0.39 is 0 Å². The van der Waals surface area contributed by atoms with Gasteiger partial charge in [-0.1, -0.05) is 24.6 Å². The molecule has 0 aliphatic carbocycles. The van der Waals surface area contributed by atoms with Gasteiger partial charge in [0.15, 0.2) is 0 Å². The summed E-state index contributed by atoms with van der Waals surface area (Å²) >= 11 is 6.00. The topological polar surface area (TPSA) is 48.1 Å². The standard InChI is InChI=1S/C14H15ClN2O/c1-2-10-3-4-14(13(16)7-10)18-9-11-5-6-17-8-12(11)15/h3-8H,2,9,16H2,1H3. The predicted molar refractivity (Wildman–Crippen MR) is 73.8 cm³/mol. The molecule has 18 heavy (non-hydrogen) atoms. The van der Waals surface area contributed by atoms with E-state index in [1.807, 2.05) is 24.3 Å². The Morgan fingerprint density at radius 1 is 1.33 bits per heavy atom. The Morgan fingerprint density at radius 3 is 2.83 bits per heavy atom. The van der Waals surface area contributed by atoms with Gasteiger partial charge in [-0.15, -0.1) is 0 Å². The summed E-state index contributed by atoms with van der Waals surface area (Å²) in [4.78, 5) is 3.93. The number of hydrogen-bond acceptors (Lipinski definition) is 3. The van der Waals surface area contributed by atoms with E-state index in [0.29, 0.717) is 23.1 Å². The van der Waals surface area contributed by atoms with Gasteiger partial charge in [-0.3, -0.25) is 4.98 Å². The highest BCUT2D eigenvalue weighted by molar-refractivity contribution is 6.31. The van der Waals surface area contributed by atoms with Crippen LogP contribution >= 0.6 is 11.6 Å². The Hall–Kier alpha value is -1.74. The average Bonchev–Trinajstić information content (AvgIpc) is 2.39. The number of ether oxygens (including phenoxy) is 1. The lowest BCUT2D eigenvalue weighted by molar-refractivity contribution is 0.308. The maximum absolute atomic E-state index is 6.00. The Morgan fingerprint density at radius 2 is 2.17 bits per heavy atom. The first kappa shape index (κ1) is 12.7. The summed E-state index contributed by atoms with van der Waals surface area (Å²) in [7, 11) is 0. The number of aryl methyl sites for hydroxylation is 1. The molecule has 0 amide bonds. The first-order valence-corrected chi connectivity index (χ1v) is 6.18. The number of nitrogen functional groups attached to an aromatic ring is 1. The number of hydrogen-bond donors (Lipinski definition) is 1. The molecule has 2 N–H and O–H groups in total. The van der Waals surface area contributed by atoms with E-state index >= 15 is 0 Å². The van der Waals surface area contributed by atoms with Gasteiger partial charge in [0.25, 0.3) is 0 Å². The Balaban J connectivity index is 2.09. The molecule has 0 unspecified atom stereocenters. The Bertz CT molecular complexity index is 543. The number of aromatic nitrogens is 1. The maximum atomic E-state index is 6.00. The predicted octanol–water partition coefficient (Wildman–Crippen LogP) is 3.46. The second-order valence-corrected chi connectivity index (χ2v) is 4.39. The lowest BCUT2D eigenvalue weighted by Gasteiger charge is -2.10. The smallest absolute Gasteiger partial charge is 0.142 e. The average molecular weight is 263 g/mol. The molecule has 0 saturated heterocycles. The van der Waals surface area contributed by atoms with Crippen LogP contribution in [0.25, 0.3) is 0 Å². The van der Waals surface area contributed by atoms with Crippen LogP contribution in [0.15, 0.2) is 36.7 Å². The van der Waals surface area contributed by atoms with E-state index in [1.54, 1.807) is 12.4 Å². The minimum atomic E-state index is 0.386. The normalized spacial score (nSPS) is 10.3. The summed E-state index contributed by atoms with van der Waals surface area (Å²) < 4.78 is 5.67. The second kappa shape index (κ2) is 5.74. The lowest BCUT2D eigenvalue weighted by Crippen LogP contribution is -2.00. The first-order chi connectivity index (χ1) is 8.70.